The zero-order valence-corrected chi connectivity index (χ0v) is 53.1. The van der Waals surface area contributed by atoms with E-state index in [1.807, 2.05) is 0 Å². The summed E-state index contributed by atoms with van der Waals surface area (Å²) in [6, 6.07) is 0. The first-order chi connectivity index (χ1) is 41.6. The minimum atomic E-state index is -0.956. The van der Waals surface area contributed by atoms with Crippen LogP contribution in [-0.4, -0.2) is 156 Å². The molecule has 0 aliphatic heterocycles. The third-order valence-electron chi connectivity index (χ3n) is 23.1. The molecule has 0 saturated heterocycles. The van der Waals surface area contributed by atoms with E-state index in [1.54, 1.807) is 13.8 Å². The summed E-state index contributed by atoms with van der Waals surface area (Å²) >= 11 is 0. The van der Waals surface area contributed by atoms with Crippen LogP contribution in [0.25, 0.3) is 0 Å². The van der Waals surface area contributed by atoms with E-state index in [2.05, 4.69) is 32.9 Å². The maximum Gasteiger partial charge on any atom is 0.344 e. The largest absolute Gasteiger partial charge is 0.456 e. The van der Waals surface area contributed by atoms with Crippen LogP contribution in [0.15, 0.2) is 61.8 Å². The topological polar surface area (TPSA) is 320 Å². The van der Waals surface area contributed by atoms with Crippen LogP contribution in [0, 0.1) is 41.4 Å². The van der Waals surface area contributed by atoms with Crippen molar-refractivity contribution in [3.8, 4) is 0 Å². The fraction of sp³-hybridized carbons (Fsp3) is 0.771. The molecule has 0 aromatic rings. The zero-order valence-electron chi connectivity index (χ0n) is 53.1. The van der Waals surface area contributed by atoms with Crippen LogP contribution in [0.1, 0.15) is 213 Å². The van der Waals surface area contributed by atoms with Crippen LogP contribution in [0.4, 0.5) is 0 Å². The molecule has 0 heterocycles. The summed E-state index contributed by atoms with van der Waals surface area (Å²) in [5.41, 5.74) is -8.40. The Morgan fingerprint density at radius 1 is 0.333 bits per heavy atom. The van der Waals surface area contributed by atoms with Gasteiger partial charge >= 0.3 is 35.8 Å². The Kier molecular flexibility index (Phi) is 16.8. The summed E-state index contributed by atoms with van der Waals surface area (Å²) in [6.07, 6.45) is 23.5. The van der Waals surface area contributed by atoms with E-state index in [-0.39, 0.29) is 40.9 Å². The third kappa shape index (κ3) is 14.0. The first-order valence-corrected chi connectivity index (χ1v) is 33.0. The van der Waals surface area contributed by atoms with Crippen LogP contribution in [-0.2, 0) is 57.2 Å². The molecule has 20 fully saturated rings. The van der Waals surface area contributed by atoms with Gasteiger partial charge in [-0.1, -0.05) is 32.9 Å². The fourth-order valence-corrected chi connectivity index (χ4v) is 23.2. The monoisotopic (exact) mass is 1260 g/mol. The molecule has 20 rings (SSSR count). The number of rotatable bonds is 12. The van der Waals surface area contributed by atoms with E-state index in [9.17, 15) is 69.6 Å². The van der Waals surface area contributed by atoms with Gasteiger partial charge in [0.25, 0.3) is 0 Å². The van der Waals surface area contributed by atoms with E-state index in [0.717, 1.165) is 96.0 Å². The van der Waals surface area contributed by atoms with Crippen LogP contribution >= 0.6 is 0 Å². The first-order valence-electron chi connectivity index (χ1n) is 33.0. The smallest absolute Gasteiger partial charge is 0.344 e. The van der Waals surface area contributed by atoms with Gasteiger partial charge in [-0.25, -0.2) is 28.8 Å². The van der Waals surface area contributed by atoms with Crippen LogP contribution in [0.3, 0.4) is 0 Å². The minimum Gasteiger partial charge on any atom is -0.456 e. The van der Waals surface area contributed by atoms with E-state index in [0.29, 0.717) is 125 Å². The first kappa shape index (κ1) is 66.6. The van der Waals surface area contributed by atoms with E-state index >= 15 is 0 Å². The van der Waals surface area contributed by atoms with Gasteiger partial charge in [-0.2, -0.15) is 0 Å². The Bertz CT molecular complexity index is 2910. The van der Waals surface area contributed by atoms with Crippen LogP contribution < -0.4 is 0 Å². The molecule has 498 valence electrons. The number of carbonyl (C=O) groups excluding carboxylic acids is 6. The average Bonchev–Trinajstić information content (AvgIpc) is 0.748. The van der Waals surface area contributed by atoms with Gasteiger partial charge in [-0.05, 0) is 184 Å². The maximum absolute atomic E-state index is 12.0. The number of aliphatic hydroxyl groups is 8. The van der Waals surface area contributed by atoms with Gasteiger partial charge in [-0.15, -0.1) is 0 Å². The van der Waals surface area contributed by atoms with Crippen molar-refractivity contribution in [1.29, 1.82) is 0 Å². The average molecular weight is 1260 g/mol. The van der Waals surface area contributed by atoms with Crippen molar-refractivity contribution in [3.63, 3.8) is 0 Å². The highest BCUT2D eigenvalue weighted by Crippen LogP contribution is 2.65. The Morgan fingerprint density at radius 3 is 0.867 bits per heavy atom. The van der Waals surface area contributed by atoms with Gasteiger partial charge in [-0.3, -0.25) is 0 Å². The van der Waals surface area contributed by atoms with Crippen molar-refractivity contribution in [2.75, 3.05) is 6.61 Å². The molecule has 20 saturated carbocycles. The molecule has 20 nitrogen and oxygen atoms in total. The fourth-order valence-electron chi connectivity index (χ4n) is 23.2. The number of hydrogen-bond acceptors (Lipinski definition) is 20. The molecule has 90 heavy (non-hydrogen) atoms. The predicted octanol–water partition coefficient (Wildman–Crippen LogP) is 7.05. The standard InChI is InChI=1S/C16H22O6.C14H20O4.C14H20O3.C13H18O4.C13H18O3/c1-10(2)13(18)21-6-12(17)22-16-5-11-3-14(19,8-16)7-15(20,4-11)9-16;1-9(2)11(15)18-14-5-10-3-12(16,7-14)6-13(17,4-10)8-14;1-9(2)12(15)17-14-6-10-3-11(7-14)5-13(16,4-10)8-14;1-2-10(14)17-13-5-9-3-11(15,7-13)6-12(16,4-9)8-13;1-2-11(14)16-13-6-9-3-10(7-13)5-12(15,4-9)8-13/h11,19-20H,1,3-9H2,2H3;10,16-17H,1,3-8H2,2H3;10-11,16H,1,3-8H2,2H3;2,9,15-16H,1,3-8H2;2,9-10,15H,1,3-8H2. The summed E-state index contributed by atoms with van der Waals surface area (Å²) in [5, 5.41) is 84.0. The molecule has 20 heteroatoms. The number of carbonyl (C=O) groups is 6. The molecule has 0 spiro atoms. The van der Waals surface area contributed by atoms with Gasteiger partial charge in [0, 0.05) is 99.5 Å². The highest BCUT2D eigenvalue weighted by molar-refractivity contribution is 5.89. The Morgan fingerprint density at radius 2 is 0.578 bits per heavy atom. The summed E-state index contributed by atoms with van der Waals surface area (Å²) in [4.78, 5) is 69.5. The molecule has 0 radical (unpaired) electrons. The molecule has 0 amide bonds. The number of hydrogen-bond donors (Lipinski definition) is 8. The molecule has 0 aromatic heterocycles. The van der Waals surface area contributed by atoms with Gasteiger partial charge in [0.1, 0.15) is 28.0 Å². The Labute approximate surface area is 527 Å². The molecule has 10 unspecified atom stereocenters. The number of esters is 6. The molecule has 20 aliphatic rings. The van der Waals surface area contributed by atoms with E-state index < -0.39 is 97.7 Å². The van der Waals surface area contributed by atoms with Crippen molar-refractivity contribution in [2.24, 2.45) is 41.4 Å². The predicted molar refractivity (Wildman–Crippen MR) is 322 cm³/mol. The second-order valence-corrected chi connectivity index (χ2v) is 33.1. The SMILES string of the molecule is C=C(C)C(=O)OC12CC3CC(CC(O)(C3)C1)C2.C=C(C)C(=O)OC12CC3CC(O)(CC(O)(C3)C1)C2.C=C(C)C(=O)OCC(=O)OC12CC3CC(O)(CC(O)(C3)C1)C2.C=CC(=O)OC12CC3CC(CC(O)(C3)C1)C2.C=CC(=O)OC12CC3CC(O)(CC(O)(C3)C1)C2. The van der Waals surface area contributed by atoms with Crippen molar-refractivity contribution in [3.05, 3.63) is 61.8 Å². The molecule has 10 atom stereocenters. The second-order valence-electron chi connectivity index (χ2n) is 33.1. The minimum absolute atomic E-state index is 0.164. The quantitative estimate of drug-likeness (QED) is 0.0551. The molecule has 0 aromatic carbocycles. The van der Waals surface area contributed by atoms with Gasteiger partial charge in [0.2, 0.25) is 0 Å². The van der Waals surface area contributed by atoms with Gasteiger partial charge < -0.3 is 69.3 Å². The van der Waals surface area contributed by atoms with E-state index in [1.165, 1.54) is 25.8 Å². The molecule has 20 aliphatic carbocycles. The van der Waals surface area contributed by atoms with Crippen molar-refractivity contribution in [1.82, 2.24) is 0 Å². The van der Waals surface area contributed by atoms with Crippen molar-refractivity contribution < 1.29 is 98.0 Å². The Hall–Kier alpha value is -4.80. The lowest BCUT2D eigenvalue weighted by atomic mass is 9.50. The van der Waals surface area contributed by atoms with Gasteiger partial charge in [0.15, 0.2) is 6.61 Å². The molecule has 20 bridgehead atoms. The third-order valence-corrected chi connectivity index (χ3v) is 23.1. The summed E-state index contributed by atoms with van der Waals surface area (Å²) in [5.74, 6) is 0.0593. The summed E-state index contributed by atoms with van der Waals surface area (Å²) in [6.45, 7) is 21.8. The summed E-state index contributed by atoms with van der Waals surface area (Å²) < 4.78 is 32.6. The van der Waals surface area contributed by atoms with Crippen molar-refractivity contribution >= 4 is 35.8 Å². The molecular formula is C70H98O20. The highest BCUT2D eigenvalue weighted by Gasteiger charge is 2.68. The zero-order chi connectivity index (χ0) is 65.3. The second kappa shape index (κ2) is 22.7. The van der Waals surface area contributed by atoms with Crippen molar-refractivity contribution in [2.45, 2.75) is 286 Å². The molecule has 8 N–H and O–H groups in total. The van der Waals surface area contributed by atoms with Crippen LogP contribution in [0.2, 0.25) is 0 Å². The van der Waals surface area contributed by atoms with E-state index in [4.69, 9.17) is 28.4 Å². The van der Waals surface area contributed by atoms with Gasteiger partial charge in [0.05, 0.1) is 44.8 Å². The molecular weight excluding hydrogens is 1160 g/mol. The normalized spacial score (nSPS) is 47.4. The lowest BCUT2D eigenvalue weighted by molar-refractivity contribution is -0.263. The van der Waals surface area contributed by atoms with Crippen LogP contribution in [0.5, 0.6) is 0 Å². The Balaban J connectivity index is 0.000000116. The summed E-state index contributed by atoms with van der Waals surface area (Å²) in [7, 11) is 0. The number of ether oxygens (including phenoxy) is 6. The lowest BCUT2D eigenvalue weighted by Crippen LogP contribution is -2.67. The highest BCUT2D eigenvalue weighted by atomic mass is 16.6. The maximum atomic E-state index is 12.0. The lowest BCUT2D eigenvalue weighted by Gasteiger charge is -2.62.